The van der Waals surface area contributed by atoms with Crippen molar-refractivity contribution >= 4 is 23.2 Å². The van der Waals surface area contributed by atoms with Gasteiger partial charge in [-0.15, -0.1) is 0 Å². The number of amides is 2. The Morgan fingerprint density at radius 3 is 2.69 bits per heavy atom. The van der Waals surface area contributed by atoms with E-state index >= 15 is 0 Å². The van der Waals surface area contributed by atoms with Crippen LogP contribution in [0, 0.1) is 16.0 Å². The predicted molar refractivity (Wildman–Crippen MR) is 135 cm³/mol. The molecule has 0 spiro atoms. The van der Waals surface area contributed by atoms with Gasteiger partial charge in [-0.25, -0.2) is 0 Å². The molecule has 0 aliphatic carbocycles. The van der Waals surface area contributed by atoms with Crippen molar-refractivity contribution in [2.24, 2.45) is 5.92 Å². The van der Waals surface area contributed by atoms with Gasteiger partial charge in [-0.05, 0) is 43.0 Å². The molecule has 2 amide bonds. The molecular formula is C26H32N6O4. The van der Waals surface area contributed by atoms with E-state index in [4.69, 9.17) is 0 Å². The second-order valence-electron chi connectivity index (χ2n) is 9.83. The number of anilines is 1. The standard InChI is InChI=1S/C26H32N6O4/c33-25(30-11-3-4-12-30)18-29-13-14-31-23-7-6-21(32(35)36)15-19(23)16-22(24(31)17-29)26(34)28-10-8-20-5-1-2-9-27-20/h1-2,5-7,9,15,22,24H,3-4,8,10-14,16-18H2,(H,28,34)/t22-,24+/m0/s1. The van der Waals surface area contributed by atoms with Gasteiger partial charge in [0.2, 0.25) is 11.8 Å². The minimum Gasteiger partial charge on any atom is -0.365 e. The fraction of sp³-hybridized carbons (Fsp3) is 0.500. The van der Waals surface area contributed by atoms with Gasteiger partial charge in [0.15, 0.2) is 0 Å². The molecule has 2 aromatic rings. The molecule has 4 heterocycles. The van der Waals surface area contributed by atoms with Gasteiger partial charge in [-0.2, -0.15) is 0 Å². The molecule has 10 nitrogen and oxygen atoms in total. The van der Waals surface area contributed by atoms with Crippen molar-refractivity contribution < 1.29 is 14.5 Å². The van der Waals surface area contributed by atoms with Gasteiger partial charge in [0.05, 0.1) is 23.4 Å². The smallest absolute Gasteiger partial charge is 0.269 e. The minimum absolute atomic E-state index is 0.0383. The molecule has 5 rings (SSSR count). The number of benzene rings is 1. The van der Waals surface area contributed by atoms with Gasteiger partial charge >= 0.3 is 0 Å². The summed E-state index contributed by atoms with van der Waals surface area (Å²) in [6, 6.07) is 10.6. The zero-order valence-electron chi connectivity index (χ0n) is 20.3. The molecule has 0 saturated carbocycles. The Balaban J connectivity index is 1.32. The molecule has 2 fully saturated rings. The summed E-state index contributed by atoms with van der Waals surface area (Å²) in [5.41, 5.74) is 2.73. The van der Waals surface area contributed by atoms with Gasteiger partial charge in [-0.1, -0.05) is 6.07 Å². The van der Waals surface area contributed by atoms with Crippen LogP contribution < -0.4 is 10.2 Å². The summed E-state index contributed by atoms with van der Waals surface area (Å²) < 4.78 is 0. The van der Waals surface area contributed by atoms with Crippen LogP contribution in [0.1, 0.15) is 24.1 Å². The van der Waals surface area contributed by atoms with Gasteiger partial charge in [0.1, 0.15) is 0 Å². The van der Waals surface area contributed by atoms with Gasteiger partial charge in [0, 0.05) is 75.4 Å². The monoisotopic (exact) mass is 492 g/mol. The Labute approximate surface area is 210 Å². The molecular weight excluding hydrogens is 460 g/mol. The average molecular weight is 493 g/mol. The largest absolute Gasteiger partial charge is 0.365 e. The van der Waals surface area contributed by atoms with Crippen molar-refractivity contribution in [3.8, 4) is 0 Å². The molecule has 36 heavy (non-hydrogen) atoms. The number of aromatic nitrogens is 1. The van der Waals surface area contributed by atoms with Crippen molar-refractivity contribution in [3.05, 3.63) is 64.0 Å². The molecule has 0 unspecified atom stereocenters. The van der Waals surface area contributed by atoms with Crippen LogP contribution in [-0.2, 0) is 22.4 Å². The molecule has 3 aliphatic heterocycles. The van der Waals surface area contributed by atoms with Crippen LogP contribution in [-0.4, -0.2) is 83.4 Å². The highest BCUT2D eigenvalue weighted by atomic mass is 16.6. The van der Waals surface area contributed by atoms with E-state index < -0.39 is 4.92 Å². The fourth-order valence-corrected chi connectivity index (χ4v) is 5.67. The third-order valence-corrected chi connectivity index (χ3v) is 7.55. The highest BCUT2D eigenvalue weighted by molar-refractivity contribution is 5.82. The van der Waals surface area contributed by atoms with E-state index in [1.807, 2.05) is 23.1 Å². The topological polar surface area (TPSA) is 112 Å². The number of nitrogens with one attached hydrogen (secondary N) is 1. The van der Waals surface area contributed by atoms with E-state index in [-0.39, 0.29) is 29.5 Å². The molecule has 2 atom stereocenters. The first kappa shape index (κ1) is 24.2. The predicted octanol–water partition coefficient (Wildman–Crippen LogP) is 1.63. The Bertz CT molecular complexity index is 1120. The molecule has 10 heteroatoms. The van der Waals surface area contributed by atoms with Crippen LogP contribution in [0.15, 0.2) is 42.6 Å². The van der Waals surface area contributed by atoms with E-state index in [9.17, 15) is 19.7 Å². The first-order chi connectivity index (χ1) is 17.5. The fourth-order valence-electron chi connectivity index (χ4n) is 5.67. The zero-order chi connectivity index (χ0) is 25.1. The molecule has 1 N–H and O–H groups in total. The van der Waals surface area contributed by atoms with E-state index in [1.165, 1.54) is 6.07 Å². The number of nitro groups is 1. The molecule has 2 saturated heterocycles. The van der Waals surface area contributed by atoms with Gasteiger partial charge in [-0.3, -0.25) is 29.6 Å². The van der Waals surface area contributed by atoms with Crippen molar-refractivity contribution in [3.63, 3.8) is 0 Å². The number of nitrogens with zero attached hydrogens (tertiary/aromatic N) is 5. The second-order valence-corrected chi connectivity index (χ2v) is 9.83. The lowest BCUT2D eigenvalue weighted by atomic mass is 9.83. The summed E-state index contributed by atoms with van der Waals surface area (Å²) >= 11 is 0. The number of pyridine rings is 1. The van der Waals surface area contributed by atoms with Crippen molar-refractivity contribution in [1.29, 1.82) is 0 Å². The number of piperazine rings is 1. The van der Waals surface area contributed by atoms with E-state index in [1.54, 1.807) is 18.3 Å². The van der Waals surface area contributed by atoms with Gasteiger partial charge in [0.25, 0.3) is 5.69 Å². The number of likely N-dealkylation sites (tertiary alicyclic amines) is 1. The lowest BCUT2D eigenvalue weighted by Crippen LogP contribution is -2.62. The quantitative estimate of drug-likeness (QED) is 0.462. The van der Waals surface area contributed by atoms with E-state index in [0.717, 1.165) is 42.9 Å². The summed E-state index contributed by atoms with van der Waals surface area (Å²) in [5, 5.41) is 14.4. The molecule has 190 valence electrons. The van der Waals surface area contributed by atoms with Crippen LogP contribution in [0.2, 0.25) is 0 Å². The van der Waals surface area contributed by atoms with Crippen molar-refractivity contribution in [1.82, 2.24) is 20.1 Å². The SMILES string of the molecule is O=C(NCCc1ccccn1)[C@H]1Cc2cc([N+](=O)[O-])ccc2N2CCN(CC(=O)N3CCCC3)C[C@H]12. The number of hydrogen-bond acceptors (Lipinski definition) is 7. The Kier molecular flexibility index (Phi) is 7.13. The van der Waals surface area contributed by atoms with Crippen molar-refractivity contribution in [2.75, 3.05) is 50.7 Å². The average Bonchev–Trinajstić information content (AvgIpc) is 3.44. The number of hydrogen-bond donors (Lipinski definition) is 1. The summed E-state index contributed by atoms with van der Waals surface area (Å²) in [5.74, 6) is -0.275. The maximum atomic E-state index is 13.4. The molecule has 0 bridgehead atoms. The van der Waals surface area contributed by atoms with Gasteiger partial charge < -0.3 is 15.1 Å². The molecule has 1 aromatic carbocycles. The maximum absolute atomic E-state index is 13.4. The number of non-ortho nitro benzene ring substituents is 1. The summed E-state index contributed by atoms with van der Waals surface area (Å²) in [6.45, 7) is 4.48. The van der Waals surface area contributed by atoms with Crippen molar-refractivity contribution in [2.45, 2.75) is 31.7 Å². The number of nitro benzene ring substituents is 1. The third-order valence-electron chi connectivity index (χ3n) is 7.55. The molecule has 3 aliphatic rings. The van der Waals surface area contributed by atoms with Crippen LogP contribution in [0.5, 0.6) is 0 Å². The lowest BCUT2D eigenvalue weighted by molar-refractivity contribution is -0.384. The molecule has 1 aromatic heterocycles. The second kappa shape index (κ2) is 10.6. The van der Waals surface area contributed by atoms with Crippen LogP contribution >= 0.6 is 0 Å². The first-order valence-electron chi connectivity index (χ1n) is 12.7. The highest BCUT2D eigenvalue weighted by Crippen LogP contribution is 2.38. The van der Waals surface area contributed by atoms with Crippen LogP contribution in [0.3, 0.4) is 0 Å². The number of rotatable bonds is 7. The maximum Gasteiger partial charge on any atom is 0.269 e. The number of carbonyl (C=O) groups is 2. The Morgan fingerprint density at radius 1 is 1.11 bits per heavy atom. The normalized spacial score (nSPS) is 21.6. The lowest BCUT2D eigenvalue weighted by Gasteiger charge is -2.49. The summed E-state index contributed by atoms with van der Waals surface area (Å²) in [4.78, 5) is 47.8. The molecule has 0 radical (unpaired) electrons. The summed E-state index contributed by atoms with van der Waals surface area (Å²) in [7, 11) is 0. The number of fused-ring (bicyclic) bond motifs is 3. The Hall–Kier alpha value is -3.53. The van der Waals surface area contributed by atoms with E-state index in [2.05, 4.69) is 20.1 Å². The first-order valence-corrected chi connectivity index (χ1v) is 12.7. The third kappa shape index (κ3) is 5.18. The number of carbonyl (C=O) groups excluding carboxylic acids is 2. The summed E-state index contributed by atoms with van der Waals surface area (Å²) in [6.07, 6.45) is 4.92. The minimum atomic E-state index is -0.393. The highest BCUT2D eigenvalue weighted by Gasteiger charge is 2.42. The van der Waals surface area contributed by atoms with Crippen LogP contribution in [0.4, 0.5) is 11.4 Å². The zero-order valence-corrected chi connectivity index (χ0v) is 20.3. The van der Waals surface area contributed by atoms with E-state index in [0.29, 0.717) is 45.6 Å². The van der Waals surface area contributed by atoms with Crippen LogP contribution in [0.25, 0.3) is 0 Å². The Morgan fingerprint density at radius 2 is 1.94 bits per heavy atom.